The molecule has 6 nitrogen and oxygen atoms in total. The van der Waals surface area contributed by atoms with Crippen LogP contribution in [0.1, 0.15) is 21.5 Å². The molecule has 0 bridgehead atoms. The van der Waals surface area contributed by atoms with Gasteiger partial charge in [-0.25, -0.2) is 4.79 Å². The van der Waals surface area contributed by atoms with Crippen LogP contribution in [0.3, 0.4) is 0 Å². The maximum atomic E-state index is 13.3. The van der Waals surface area contributed by atoms with E-state index in [9.17, 15) is 9.59 Å². The minimum Gasteiger partial charge on any atom is -0.493 e. The normalized spacial score (nSPS) is 10.8. The number of rotatable bonds is 5. The van der Waals surface area contributed by atoms with Crippen molar-refractivity contribution in [2.24, 2.45) is 0 Å². The number of ether oxygens (including phenoxy) is 3. The van der Waals surface area contributed by atoms with E-state index in [1.807, 2.05) is 38.1 Å². The molecule has 0 fully saturated rings. The molecule has 0 saturated carbocycles. The number of esters is 1. The number of aryl methyl sites for hydroxylation is 2. The summed E-state index contributed by atoms with van der Waals surface area (Å²) in [4.78, 5) is 26.6. The zero-order valence-corrected chi connectivity index (χ0v) is 18.3. The van der Waals surface area contributed by atoms with E-state index < -0.39 is 5.97 Å². The Bertz CT molecular complexity index is 1350. The van der Waals surface area contributed by atoms with Gasteiger partial charge in [-0.3, -0.25) is 9.36 Å². The van der Waals surface area contributed by atoms with Gasteiger partial charge >= 0.3 is 5.97 Å². The van der Waals surface area contributed by atoms with Gasteiger partial charge in [0.2, 0.25) is 0 Å². The molecule has 6 heteroatoms. The van der Waals surface area contributed by atoms with E-state index >= 15 is 0 Å². The third-order valence-electron chi connectivity index (χ3n) is 5.18. The highest BCUT2D eigenvalue weighted by Gasteiger charge is 2.20. The Hall–Kier alpha value is -4.06. The van der Waals surface area contributed by atoms with Gasteiger partial charge in [-0.15, -0.1) is 0 Å². The van der Waals surface area contributed by atoms with E-state index in [1.54, 1.807) is 36.4 Å². The van der Waals surface area contributed by atoms with Crippen LogP contribution in [-0.4, -0.2) is 24.8 Å². The number of methoxy groups -OCH3 is 2. The van der Waals surface area contributed by atoms with Gasteiger partial charge in [-0.05, 0) is 61.4 Å². The van der Waals surface area contributed by atoms with Gasteiger partial charge in [0, 0.05) is 17.3 Å². The highest BCUT2D eigenvalue weighted by molar-refractivity contribution is 6.05. The second kappa shape index (κ2) is 8.59. The number of hydrogen-bond acceptors (Lipinski definition) is 5. The van der Waals surface area contributed by atoms with Crippen molar-refractivity contribution in [1.82, 2.24) is 4.57 Å². The summed E-state index contributed by atoms with van der Waals surface area (Å²) < 4.78 is 17.9. The Morgan fingerprint density at radius 2 is 1.41 bits per heavy atom. The van der Waals surface area contributed by atoms with Crippen molar-refractivity contribution in [3.05, 3.63) is 93.9 Å². The Kier molecular flexibility index (Phi) is 5.69. The van der Waals surface area contributed by atoms with Crippen molar-refractivity contribution in [1.29, 1.82) is 0 Å². The number of hydrogen-bond donors (Lipinski definition) is 0. The Balaban J connectivity index is 1.95. The SMILES string of the molecule is COc1cc2c(C(=O)Oc3cc(C)cc(C)c3)cn(-c3ccccc3)c(=O)c2cc1OC. The van der Waals surface area contributed by atoms with Gasteiger partial charge in [-0.2, -0.15) is 0 Å². The molecule has 0 saturated heterocycles. The number of para-hydroxylation sites is 1. The fourth-order valence-corrected chi connectivity index (χ4v) is 3.76. The van der Waals surface area contributed by atoms with E-state index in [0.717, 1.165) is 11.1 Å². The molecular weight excluding hydrogens is 406 g/mol. The first-order valence-electron chi connectivity index (χ1n) is 10.1. The van der Waals surface area contributed by atoms with Gasteiger partial charge in [0.15, 0.2) is 11.5 Å². The molecule has 0 N–H and O–H groups in total. The van der Waals surface area contributed by atoms with Crippen LogP contribution in [0.2, 0.25) is 0 Å². The van der Waals surface area contributed by atoms with Crippen LogP contribution in [-0.2, 0) is 0 Å². The van der Waals surface area contributed by atoms with Crippen molar-refractivity contribution in [3.63, 3.8) is 0 Å². The number of aromatic nitrogens is 1. The summed E-state index contributed by atoms with van der Waals surface area (Å²) in [6.45, 7) is 3.87. The Morgan fingerprint density at radius 3 is 2.00 bits per heavy atom. The quantitative estimate of drug-likeness (QED) is 0.335. The lowest BCUT2D eigenvalue weighted by molar-refractivity contribution is 0.0736. The lowest BCUT2D eigenvalue weighted by Crippen LogP contribution is -2.22. The molecule has 0 amide bonds. The van der Waals surface area contributed by atoms with Crippen molar-refractivity contribution in [3.8, 4) is 22.9 Å². The summed E-state index contributed by atoms with van der Waals surface area (Å²) in [5, 5.41) is 0.746. The number of pyridine rings is 1. The van der Waals surface area contributed by atoms with Gasteiger partial charge in [0.25, 0.3) is 5.56 Å². The average molecular weight is 429 g/mol. The number of carbonyl (C=O) groups is 1. The number of nitrogens with zero attached hydrogens (tertiary/aromatic N) is 1. The van der Waals surface area contributed by atoms with E-state index in [2.05, 4.69) is 0 Å². The highest BCUT2D eigenvalue weighted by atomic mass is 16.5. The maximum Gasteiger partial charge on any atom is 0.345 e. The topological polar surface area (TPSA) is 66.8 Å². The summed E-state index contributed by atoms with van der Waals surface area (Å²) in [7, 11) is 3.00. The first-order chi connectivity index (χ1) is 15.4. The molecule has 0 aliphatic heterocycles. The molecule has 32 heavy (non-hydrogen) atoms. The monoisotopic (exact) mass is 429 g/mol. The molecule has 1 heterocycles. The van der Waals surface area contributed by atoms with Gasteiger partial charge < -0.3 is 14.2 Å². The molecule has 1 aromatic heterocycles. The smallest absolute Gasteiger partial charge is 0.345 e. The number of fused-ring (bicyclic) bond motifs is 1. The Labute approximate surface area is 185 Å². The molecule has 3 aromatic carbocycles. The zero-order valence-electron chi connectivity index (χ0n) is 18.3. The number of benzene rings is 3. The standard InChI is InChI=1S/C26H23NO5/c1-16-10-17(2)12-19(11-16)32-26(29)22-15-27(18-8-6-5-7-9-18)25(28)21-14-24(31-4)23(30-3)13-20(21)22/h5-15H,1-4H3. The summed E-state index contributed by atoms with van der Waals surface area (Å²) in [6, 6.07) is 17.9. The molecule has 162 valence electrons. The van der Waals surface area contributed by atoms with E-state index in [1.165, 1.54) is 25.0 Å². The van der Waals surface area contributed by atoms with Crippen molar-refractivity contribution in [2.75, 3.05) is 14.2 Å². The largest absolute Gasteiger partial charge is 0.493 e. The number of carbonyl (C=O) groups excluding carboxylic acids is 1. The lowest BCUT2D eigenvalue weighted by atomic mass is 10.1. The fourth-order valence-electron chi connectivity index (χ4n) is 3.76. The second-order valence-electron chi connectivity index (χ2n) is 7.52. The Morgan fingerprint density at radius 1 is 0.812 bits per heavy atom. The van der Waals surface area contributed by atoms with Gasteiger partial charge in [0.05, 0.1) is 25.2 Å². The van der Waals surface area contributed by atoms with Crippen LogP contribution in [0.5, 0.6) is 17.2 Å². The van der Waals surface area contributed by atoms with Crippen molar-refractivity contribution >= 4 is 16.7 Å². The second-order valence-corrected chi connectivity index (χ2v) is 7.52. The van der Waals surface area contributed by atoms with Crippen molar-refractivity contribution < 1.29 is 19.0 Å². The van der Waals surface area contributed by atoms with Crippen LogP contribution in [0.25, 0.3) is 16.5 Å². The molecule has 4 aromatic rings. The molecule has 4 rings (SSSR count). The van der Waals surface area contributed by atoms with E-state index in [4.69, 9.17) is 14.2 Å². The third kappa shape index (κ3) is 3.95. The molecule has 0 aliphatic carbocycles. The molecule has 0 aliphatic rings. The maximum absolute atomic E-state index is 13.3. The van der Waals surface area contributed by atoms with Crippen LogP contribution in [0.4, 0.5) is 0 Å². The van der Waals surface area contributed by atoms with Crippen LogP contribution >= 0.6 is 0 Å². The average Bonchev–Trinajstić information content (AvgIpc) is 2.78. The van der Waals surface area contributed by atoms with E-state index in [-0.39, 0.29) is 11.1 Å². The summed E-state index contributed by atoms with van der Waals surface area (Å²) in [6.07, 6.45) is 1.51. The zero-order chi connectivity index (χ0) is 22.8. The molecule has 0 atom stereocenters. The predicted octanol–water partition coefficient (Wildman–Crippen LogP) is 4.84. The fraction of sp³-hybridized carbons (Fsp3) is 0.154. The lowest BCUT2D eigenvalue weighted by Gasteiger charge is -2.15. The minimum atomic E-state index is -0.572. The van der Waals surface area contributed by atoms with Crippen LogP contribution < -0.4 is 19.8 Å². The highest BCUT2D eigenvalue weighted by Crippen LogP contribution is 2.33. The summed E-state index contributed by atoms with van der Waals surface area (Å²) in [5.74, 6) is 0.685. The van der Waals surface area contributed by atoms with Gasteiger partial charge in [-0.1, -0.05) is 24.3 Å². The van der Waals surface area contributed by atoms with Crippen molar-refractivity contribution in [2.45, 2.75) is 13.8 Å². The molecule has 0 radical (unpaired) electrons. The third-order valence-corrected chi connectivity index (χ3v) is 5.18. The molecular formula is C26H23NO5. The van der Waals surface area contributed by atoms with Gasteiger partial charge in [0.1, 0.15) is 5.75 Å². The predicted molar refractivity (Wildman–Crippen MR) is 124 cm³/mol. The first-order valence-corrected chi connectivity index (χ1v) is 10.1. The first kappa shape index (κ1) is 21.2. The summed E-state index contributed by atoms with van der Waals surface area (Å²) >= 11 is 0. The molecule has 0 spiro atoms. The van der Waals surface area contributed by atoms with Crippen LogP contribution in [0, 0.1) is 13.8 Å². The van der Waals surface area contributed by atoms with Crippen LogP contribution in [0.15, 0.2) is 71.7 Å². The summed E-state index contributed by atoms with van der Waals surface area (Å²) in [5.41, 5.74) is 2.56. The van der Waals surface area contributed by atoms with E-state index in [0.29, 0.717) is 33.7 Å². The molecule has 0 unspecified atom stereocenters. The minimum absolute atomic E-state index is 0.239.